The molecule has 0 bridgehead atoms. The lowest BCUT2D eigenvalue weighted by molar-refractivity contribution is -0.289. The Morgan fingerprint density at radius 2 is 1.64 bits per heavy atom. The molecule has 4 rings (SSSR count). The van der Waals surface area contributed by atoms with Gasteiger partial charge in [-0.05, 0) is 63.5 Å². The van der Waals surface area contributed by atoms with E-state index in [1.807, 2.05) is 19.0 Å². The van der Waals surface area contributed by atoms with Crippen molar-refractivity contribution >= 4 is 34.1 Å². The maximum Gasteiger partial charge on any atom is 0.458 e. The van der Waals surface area contributed by atoms with Crippen LogP contribution in [0.25, 0.3) is 22.2 Å². The number of carbonyl (C=O) groups is 1. The lowest BCUT2D eigenvalue weighted by Crippen LogP contribution is -2.34. The zero-order chi connectivity index (χ0) is 30.8. The Hall–Kier alpha value is -4.39. The number of hydrogen-bond acceptors (Lipinski definition) is 6. The first-order valence-electron chi connectivity index (χ1n) is 12.8. The minimum absolute atomic E-state index is 0.0524. The number of alkyl halides is 5. The highest BCUT2D eigenvalue weighted by Gasteiger charge is 2.58. The van der Waals surface area contributed by atoms with Crippen LogP contribution in [0.4, 0.5) is 43.7 Å². The quantitative estimate of drug-likeness (QED) is 0.222. The molecule has 0 saturated carbocycles. The number of carbonyl (C=O) groups excluding carboxylic acids is 1. The Labute approximate surface area is 238 Å². The molecule has 0 unspecified atom stereocenters. The molecule has 0 aliphatic heterocycles. The Morgan fingerprint density at radius 3 is 2.33 bits per heavy atom. The van der Waals surface area contributed by atoms with Gasteiger partial charge in [-0.3, -0.25) is 4.79 Å². The Kier molecular flexibility index (Phi) is 8.62. The van der Waals surface area contributed by atoms with E-state index in [0.29, 0.717) is 53.8 Å². The second-order valence-electron chi connectivity index (χ2n) is 9.98. The van der Waals surface area contributed by atoms with Crippen LogP contribution in [0.15, 0.2) is 60.7 Å². The fourth-order valence-corrected chi connectivity index (χ4v) is 4.42. The van der Waals surface area contributed by atoms with Gasteiger partial charge in [0.05, 0.1) is 28.1 Å². The van der Waals surface area contributed by atoms with Crippen LogP contribution in [0.1, 0.15) is 22.3 Å². The van der Waals surface area contributed by atoms with E-state index in [9.17, 15) is 31.1 Å². The molecule has 0 radical (unpaired) electrons. The summed E-state index contributed by atoms with van der Waals surface area (Å²) in [5, 5.41) is 2.93. The SMILES string of the molecule is CN(C)CCCN(C)c1ccc(C(F)(F)C(F)(F)F)cc1NC(=O)c1cc(-c2nc(N)nc3ccccc23)ccc1F. The first-order valence-corrected chi connectivity index (χ1v) is 12.8. The first-order chi connectivity index (χ1) is 19.7. The molecular weight excluding hydrogens is 562 g/mol. The van der Waals surface area contributed by atoms with Crippen molar-refractivity contribution in [1.82, 2.24) is 14.9 Å². The second kappa shape index (κ2) is 11.8. The number of para-hydroxylation sites is 1. The van der Waals surface area contributed by atoms with Gasteiger partial charge in [-0.25, -0.2) is 14.4 Å². The smallest absolute Gasteiger partial charge is 0.373 e. The lowest BCUT2D eigenvalue weighted by atomic mass is 10.0. The molecule has 0 atom stereocenters. The molecule has 0 fully saturated rings. The molecule has 222 valence electrons. The maximum absolute atomic E-state index is 15.0. The third-order valence-corrected chi connectivity index (χ3v) is 6.58. The zero-order valence-corrected chi connectivity index (χ0v) is 22.9. The van der Waals surface area contributed by atoms with Crippen molar-refractivity contribution < 1.29 is 31.1 Å². The van der Waals surface area contributed by atoms with Crippen molar-refractivity contribution in [3.05, 3.63) is 77.6 Å². The minimum atomic E-state index is -5.87. The highest BCUT2D eigenvalue weighted by atomic mass is 19.4. The summed E-state index contributed by atoms with van der Waals surface area (Å²) in [5.41, 5.74) is 4.97. The number of aromatic nitrogens is 2. The molecule has 0 aliphatic carbocycles. The van der Waals surface area contributed by atoms with Gasteiger partial charge in [0.25, 0.3) is 5.91 Å². The minimum Gasteiger partial charge on any atom is -0.373 e. The second-order valence-corrected chi connectivity index (χ2v) is 9.98. The average molecular weight is 591 g/mol. The van der Waals surface area contributed by atoms with E-state index < -0.39 is 35.0 Å². The van der Waals surface area contributed by atoms with Crippen LogP contribution in [0.2, 0.25) is 0 Å². The molecule has 3 N–H and O–H groups in total. The van der Waals surface area contributed by atoms with Crippen molar-refractivity contribution in [1.29, 1.82) is 0 Å². The number of halogens is 6. The van der Waals surface area contributed by atoms with Crippen LogP contribution < -0.4 is 16.0 Å². The largest absolute Gasteiger partial charge is 0.458 e. The third-order valence-electron chi connectivity index (χ3n) is 6.58. The number of nitrogens with zero attached hydrogens (tertiary/aromatic N) is 4. The average Bonchev–Trinajstić information content (AvgIpc) is 2.91. The van der Waals surface area contributed by atoms with Crippen LogP contribution in [0, 0.1) is 5.82 Å². The summed E-state index contributed by atoms with van der Waals surface area (Å²) in [6, 6.07) is 12.8. The van der Waals surface area contributed by atoms with Gasteiger partial charge in [0.2, 0.25) is 5.95 Å². The topological polar surface area (TPSA) is 87.4 Å². The number of nitrogens with two attached hydrogens (primary N) is 1. The van der Waals surface area contributed by atoms with Gasteiger partial charge in [0, 0.05) is 30.1 Å². The van der Waals surface area contributed by atoms with Gasteiger partial charge < -0.3 is 20.9 Å². The van der Waals surface area contributed by atoms with Gasteiger partial charge in [-0.15, -0.1) is 0 Å². The van der Waals surface area contributed by atoms with Crippen LogP contribution in [0.5, 0.6) is 0 Å². The van der Waals surface area contributed by atoms with E-state index >= 15 is 0 Å². The molecule has 1 heterocycles. The van der Waals surface area contributed by atoms with Crippen molar-refractivity contribution in [2.45, 2.75) is 18.5 Å². The molecule has 1 amide bonds. The van der Waals surface area contributed by atoms with Gasteiger partial charge in [0.1, 0.15) is 5.82 Å². The normalized spacial score (nSPS) is 12.1. The molecular formula is C29H28F6N6O. The summed E-state index contributed by atoms with van der Waals surface area (Å²) in [6.07, 6.45) is -5.24. The van der Waals surface area contributed by atoms with Crippen molar-refractivity contribution in [2.24, 2.45) is 0 Å². The Bertz CT molecular complexity index is 1610. The summed E-state index contributed by atoms with van der Waals surface area (Å²) in [5.74, 6) is -7.24. The number of amides is 1. The predicted molar refractivity (Wildman–Crippen MR) is 150 cm³/mol. The van der Waals surface area contributed by atoms with Gasteiger partial charge in [0.15, 0.2) is 0 Å². The number of nitrogens with one attached hydrogen (secondary N) is 1. The predicted octanol–water partition coefficient (Wildman–Crippen LogP) is 6.31. The molecule has 0 saturated heterocycles. The molecule has 0 spiro atoms. The zero-order valence-electron chi connectivity index (χ0n) is 22.9. The van der Waals surface area contributed by atoms with Crippen molar-refractivity contribution in [3.63, 3.8) is 0 Å². The third kappa shape index (κ3) is 6.40. The summed E-state index contributed by atoms with van der Waals surface area (Å²) >= 11 is 0. The molecule has 4 aromatic rings. The Morgan fingerprint density at radius 1 is 0.929 bits per heavy atom. The fourth-order valence-electron chi connectivity index (χ4n) is 4.42. The first kappa shape index (κ1) is 30.6. The lowest BCUT2D eigenvalue weighted by Gasteiger charge is -2.26. The Balaban J connectivity index is 1.74. The van der Waals surface area contributed by atoms with E-state index in [-0.39, 0.29) is 17.3 Å². The van der Waals surface area contributed by atoms with Crippen LogP contribution in [-0.2, 0) is 5.92 Å². The number of rotatable bonds is 9. The van der Waals surface area contributed by atoms with E-state index in [1.54, 1.807) is 36.2 Å². The maximum atomic E-state index is 15.0. The van der Waals surface area contributed by atoms with E-state index in [2.05, 4.69) is 15.3 Å². The van der Waals surface area contributed by atoms with E-state index in [0.717, 1.165) is 12.1 Å². The highest BCUT2D eigenvalue weighted by Crippen LogP contribution is 2.45. The molecule has 7 nitrogen and oxygen atoms in total. The van der Waals surface area contributed by atoms with Crippen molar-refractivity contribution in [2.75, 3.05) is 50.2 Å². The highest BCUT2D eigenvalue weighted by molar-refractivity contribution is 6.07. The number of fused-ring (bicyclic) bond motifs is 1. The molecule has 3 aromatic carbocycles. The summed E-state index contributed by atoms with van der Waals surface area (Å²) < 4.78 is 82.9. The number of benzene rings is 3. The number of hydrogen-bond donors (Lipinski definition) is 2. The van der Waals surface area contributed by atoms with Crippen LogP contribution in [0.3, 0.4) is 0 Å². The van der Waals surface area contributed by atoms with Gasteiger partial charge in [-0.2, -0.15) is 22.0 Å². The van der Waals surface area contributed by atoms with Crippen molar-refractivity contribution in [3.8, 4) is 11.3 Å². The number of nitrogen functional groups attached to an aromatic ring is 1. The van der Waals surface area contributed by atoms with Gasteiger partial charge >= 0.3 is 12.1 Å². The van der Waals surface area contributed by atoms with Crippen LogP contribution in [-0.4, -0.2) is 61.2 Å². The van der Waals surface area contributed by atoms with E-state index in [4.69, 9.17) is 5.73 Å². The molecule has 0 aliphatic rings. The summed E-state index contributed by atoms with van der Waals surface area (Å²) in [7, 11) is 5.33. The molecule has 13 heteroatoms. The van der Waals surface area contributed by atoms with Crippen LogP contribution >= 0.6 is 0 Å². The fraction of sp³-hybridized carbons (Fsp3) is 0.276. The van der Waals surface area contributed by atoms with E-state index in [1.165, 1.54) is 12.1 Å². The molecule has 1 aromatic heterocycles. The monoisotopic (exact) mass is 590 g/mol. The standard InChI is InChI=1S/C29H28F6N6O/c1-40(2)13-6-14-41(3)24-12-10-18(28(31,32)29(33,34)35)16-23(24)37-26(42)20-15-17(9-11-21(20)30)25-19-7-4-5-8-22(19)38-27(36)39-25/h4-5,7-12,15-16H,6,13-14H2,1-3H3,(H,37,42)(H2,36,38,39). The summed E-state index contributed by atoms with van der Waals surface area (Å²) in [6.45, 7) is 1.07. The number of anilines is 3. The molecule has 42 heavy (non-hydrogen) atoms. The summed E-state index contributed by atoms with van der Waals surface area (Å²) in [4.78, 5) is 25.3. The van der Waals surface area contributed by atoms with Gasteiger partial charge in [-0.1, -0.05) is 24.3 Å².